The topological polar surface area (TPSA) is 86.8 Å². The number of nitriles is 1. The van der Waals surface area contributed by atoms with E-state index in [2.05, 4.69) is 48.2 Å². The summed E-state index contributed by atoms with van der Waals surface area (Å²) in [5.41, 5.74) is 4.12. The van der Waals surface area contributed by atoms with Crippen LogP contribution in [-0.2, 0) is 24.3 Å². The Morgan fingerprint density at radius 1 is 1.39 bits per heavy atom. The number of rotatable bonds is 5. The van der Waals surface area contributed by atoms with Crippen molar-refractivity contribution in [3.63, 3.8) is 0 Å². The molecule has 3 heterocycles. The van der Waals surface area contributed by atoms with Crippen molar-refractivity contribution in [3.8, 4) is 6.07 Å². The molecule has 2 aromatic heterocycles. The van der Waals surface area contributed by atoms with Crippen molar-refractivity contribution < 1.29 is 4.79 Å². The van der Waals surface area contributed by atoms with E-state index in [-0.39, 0.29) is 17.9 Å². The first-order valence-electron chi connectivity index (χ1n) is 9.69. The summed E-state index contributed by atoms with van der Waals surface area (Å²) >= 11 is 0. The van der Waals surface area contributed by atoms with E-state index in [1.807, 2.05) is 19.3 Å². The minimum absolute atomic E-state index is 0.000576. The molecule has 0 aromatic carbocycles. The van der Waals surface area contributed by atoms with E-state index in [1.54, 1.807) is 4.68 Å². The van der Waals surface area contributed by atoms with E-state index in [0.29, 0.717) is 12.2 Å². The van der Waals surface area contributed by atoms with Crippen LogP contribution in [0.5, 0.6) is 0 Å². The number of aromatic nitrogens is 3. The van der Waals surface area contributed by atoms with Gasteiger partial charge in [-0.2, -0.15) is 10.4 Å². The largest absolute Gasteiger partial charge is 0.366 e. The molecule has 28 heavy (non-hydrogen) atoms. The molecule has 1 aliphatic rings. The number of hydrogen-bond donors (Lipinski definition) is 1. The molecular weight excluding hydrogens is 352 g/mol. The van der Waals surface area contributed by atoms with Crippen molar-refractivity contribution in [2.45, 2.75) is 60.0 Å². The highest BCUT2D eigenvalue weighted by molar-refractivity contribution is 5.91. The Morgan fingerprint density at radius 3 is 2.89 bits per heavy atom. The number of anilines is 2. The number of hydrogen-bond acceptors (Lipinski definition) is 5. The lowest BCUT2D eigenvalue weighted by atomic mass is 9.92. The summed E-state index contributed by atoms with van der Waals surface area (Å²) in [5, 5.41) is 16.0. The number of nitrogens with one attached hydrogen (secondary N) is 1. The van der Waals surface area contributed by atoms with Gasteiger partial charge in [0.1, 0.15) is 12.4 Å². The maximum Gasteiger partial charge on any atom is 0.226 e. The van der Waals surface area contributed by atoms with Crippen LogP contribution in [0.2, 0.25) is 0 Å². The van der Waals surface area contributed by atoms with Crippen molar-refractivity contribution in [3.05, 3.63) is 35.3 Å². The van der Waals surface area contributed by atoms with Crippen LogP contribution >= 0.6 is 0 Å². The molecule has 1 N–H and O–H groups in total. The molecule has 0 atom stereocenters. The molecule has 2 aromatic rings. The minimum atomic E-state index is -0.0566. The SMILES string of the molecule is Cc1cc2c(nc1NC(=O)CC(C)(C)C)CCCN2Cc1cnn(CC#N)c1. The van der Waals surface area contributed by atoms with E-state index >= 15 is 0 Å². The van der Waals surface area contributed by atoms with Crippen LogP contribution in [0.25, 0.3) is 0 Å². The van der Waals surface area contributed by atoms with E-state index < -0.39 is 0 Å². The molecule has 0 radical (unpaired) electrons. The second-order valence-corrected chi connectivity index (χ2v) is 8.63. The van der Waals surface area contributed by atoms with Gasteiger partial charge in [-0.1, -0.05) is 20.8 Å². The predicted molar refractivity (Wildman–Crippen MR) is 109 cm³/mol. The number of nitrogens with zero attached hydrogens (tertiary/aromatic N) is 5. The Hall–Kier alpha value is -2.88. The third-order valence-corrected chi connectivity index (χ3v) is 4.69. The van der Waals surface area contributed by atoms with Crippen LogP contribution in [0.15, 0.2) is 18.5 Å². The third-order valence-electron chi connectivity index (χ3n) is 4.69. The van der Waals surface area contributed by atoms with Crippen molar-refractivity contribution >= 4 is 17.4 Å². The summed E-state index contributed by atoms with van der Waals surface area (Å²) in [5.74, 6) is 0.664. The fourth-order valence-electron chi connectivity index (χ4n) is 3.47. The lowest BCUT2D eigenvalue weighted by molar-refractivity contribution is -0.117. The normalized spacial score (nSPS) is 13.8. The van der Waals surface area contributed by atoms with Gasteiger partial charge in [0.05, 0.1) is 23.6 Å². The molecule has 0 saturated carbocycles. The van der Waals surface area contributed by atoms with E-state index in [4.69, 9.17) is 10.2 Å². The van der Waals surface area contributed by atoms with E-state index in [9.17, 15) is 4.79 Å². The Bertz CT molecular complexity index is 903. The summed E-state index contributed by atoms with van der Waals surface area (Å²) in [6.07, 6.45) is 6.11. The highest BCUT2D eigenvalue weighted by atomic mass is 16.1. The molecule has 3 rings (SSSR count). The Labute approximate surface area is 166 Å². The highest BCUT2D eigenvalue weighted by Gasteiger charge is 2.22. The standard InChI is InChI=1S/C21H28N6O/c1-15-10-18-17(24-20(15)25-19(28)11-21(2,3)4)6-5-8-26(18)13-16-12-23-27(14-16)9-7-22/h10,12,14H,5-6,8-9,11,13H2,1-4H3,(H,24,25,28). The average Bonchev–Trinajstić information content (AvgIpc) is 3.02. The molecule has 1 amide bonds. The zero-order chi connectivity index (χ0) is 20.3. The van der Waals surface area contributed by atoms with Crippen LogP contribution in [0.4, 0.5) is 11.5 Å². The van der Waals surface area contributed by atoms with E-state index in [0.717, 1.165) is 48.4 Å². The third kappa shape index (κ3) is 4.89. The molecular formula is C21H28N6O. The zero-order valence-corrected chi connectivity index (χ0v) is 17.1. The van der Waals surface area contributed by atoms with Gasteiger partial charge in [-0.15, -0.1) is 0 Å². The van der Waals surface area contributed by atoms with Crippen molar-refractivity contribution in [1.29, 1.82) is 5.26 Å². The molecule has 0 fully saturated rings. The van der Waals surface area contributed by atoms with Gasteiger partial charge in [-0.25, -0.2) is 4.98 Å². The van der Waals surface area contributed by atoms with Gasteiger partial charge in [0, 0.05) is 31.3 Å². The lowest BCUT2D eigenvalue weighted by Gasteiger charge is -2.31. The van der Waals surface area contributed by atoms with Gasteiger partial charge in [0.2, 0.25) is 5.91 Å². The molecule has 0 saturated heterocycles. The number of carbonyl (C=O) groups is 1. The summed E-state index contributed by atoms with van der Waals surface area (Å²) in [7, 11) is 0. The molecule has 0 spiro atoms. The number of carbonyl (C=O) groups excluding carboxylic acids is 1. The van der Waals surface area contributed by atoms with Crippen molar-refractivity contribution in [2.75, 3.05) is 16.8 Å². The number of aryl methyl sites for hydroxylation is 2. The summed E-state index contributed by atoms with van der Waals surface area (Å²) < 4.78 is 1.65. The van der Waals surface area contributed by atoms with Gasteiger partial charge in [-0.05, 0) is 36.8 Å². The lowest BCUT2D eigenvalue weighted by Crippen LogP contribution is -2.30. The van der Waals surface area contributed by atoms with Crippen LogP contribution in [0.3, 0.4) is 0 Å². The monoisotopic (exact) mass is 380 g/mol. The first-order valence-corrected chi connectivity index (χ1v) is 9.69. The summed E-state index contributed by atoms with van der Waals surface area (Å²) in [6, 6.07) is 4.22. The number of fused-ring (bicyclic) bond motifs is 1. The zero-order valence-electron chi connectivity index (χ0n) is 17.1. The minimum Gasteiger partial charge on any atom is -0.366 e. The Kier molecular flexibility index (Phi) is 5.68. The Balaban J connectivity index is 1.77. The molecule has 0 bridgehead atoms. The average molecular weight is 380 g/mol. The fraction of sp³-hybridized carbons (Fsp3) is 0.524. The molecule has 0 aliphatic carbocycles. The van der Waals surface area contributed by atoms with Gasteiger partial charge < -0.3 is 10.2 Å². The van der Waals surface area contributed by atoms with Gasteiger partial charge in [0.25, 0.3) is 0 Å². The second kappa shape index (κ2) is 8.01. The van der Waals surface area contributed by atoms with Crippen LogP contribution in [-0.4, -0.2) is 27.2 Å². The Morgan fingerprint density at radius 2 is 2.18 bits per heavy atom. The molecule has 0 unspecified atom stereocenters. The summed E-state index contributed by atoms with van der Waals surface area (Å²) in [6.45, 7) is 10.1. The van der Waals surface area contributed by atoms with Crippen molar-refractivity contribution in [2.24, 2.45) is 5.41 Å². The highest BCUT2D eigenvalue weighted by Crippen LogP contribution is 2.31. The van der Waals surface area contributed by atoms with Gasteiger partial charge >= 0.3 is 0 Å². The van der Waals surface area contributed by atoms with Gasteiger partial charge in [-0.3, -0.25) is 9.48 Å². The van der Waals surface area contributed by atoms with Gasteiger partial charge in [0.15, 0.2) is 0 Å². The second-order valence-electron chi connectivity index (χ2n) is 8.63. The molecule has 1 aliphatic heterocycles. The summed E-state index contributed by atoms with van der Waals surface area (Å²) in [4.78, 5) is 19.4. The van der Waals surface area contributed by atoms with Crippen LogP contribution in [0.1, 0.15) is 50.4 Å². The van der Waals surface area contributed by atoms with Crippen LogP contribution in [0, 0.1) is 23.7 Å². The van der Waals surface area contributed by atoms with Crippen molar-refractivity contribution in [1.82, 2.24) is 14.8 Å². The number of amides is 1. The first kappa shape index (κ1) is 19.9. The quantitative estimate of drug-likeness (QED) is 0.859. The molecule has 7 heteroatoms. The number of pyridine rings is 1. The van der Waals surface area contributed by atoms with E-state index in [1.165, 1.54) is 0 Å². The molecule has 148 valence electrons. The maximum absolute atomic E-state index is 12.3. The molecule has 7 nitrogen and oxygen atoms in total. The smallest absolute Gasteiger partial charge is 0.226 e. The first-order chi connectivity index (χ1) is 13.2. The fourth-order valence-corrected chi connectivity index (χ4v) is 3.47. The van der Waals surface area contributed by atoms with Crippen LogP contribution < -0.4 is 10.2 Å². The maximum atomic E-state index is 12.3. The predicted octanol–water partition coefficient (Wildman–Crippen LogP) is 3.44.